The van der Waals surface area contributed by atoms with Crippen molar-refractivity contribution < 1.29 is 14.7 Å². The van der Waals surface area contributed by atoms with Crippen LogP contribution in [0.5, 0.6) is 0 Å². The number of benzene rings is 1. The minimum absolute atomic E-state index is 0.0578. The standard InChI is InChI=1S/C15H23N3O3/c1-4-18(9-10-19)14(20)12-5-7-13(8-6-12)17-15(21)16-11(2)3/h5-8,11,19H,4,9-10H2,1-3H3,(H2,16,17,21). The van der Waals surface area contributed by atoms with Crippen molar-refractivity contribution in [3.05, 3.63) is 29.8 Å². The van der Waals surface area contributed by atoms with Gasteiger partial charge in [0.05, 0.1) is 6.61 Å². The lowest BCUT2D eigenvalue weighted by molar-refractivity contribution is 0.0732. The third-order valence-electron chi connectivity index (χ3n) is 2.85. The molecule has 6 heteroatoms. The zero-order valence-electron chi connectivity index (χ0n) is 12.7. The Kier molecular flexibility index (Phi) is 6.68. The third-order valence-corrected chi connectivity index (χ3v) is 2.85. The van der Waals surface area contributed by atoms with Crippen molar-refractivity contribution in [2.24, 2.45) is 0 Å². The van der Waals surface area contributed by atoms with Crippen LogP contribution in [-0.4, -0.2) is 47.7 Å². The van der Waals surface area contributed by atoms with E-state index in [9.17, 15) is 9.59 Å². The van der Waals surface area contributed by atoms with Gasteiger partial charge in [-0.15, -0.1) is 0 Å². The lowest BCUT2D eigenvalue weighted by atomic mass is 10.2. The van der Waals surface area contributed by atoms with Gasteiger partial charge in [-0.1, -0.05) is 0 Å². The minimum atomic E-state index is -0.278. The SMILES string of the molecule is CCN(CCO)C(=O)c1ccc(NC(=O)NC(C)C)cc1. The predicted molar refractivity (Wildman–Crippen MR) is 82.4 cm³/mol. The Bertz CT molecular complexity index is 472. The minimum Gasteiger partial charge on any atom is -0.395 e. The number of carbonyl (C=O) groups excluding carboxylic acids is 2. The fourth-order valence-corrected chi connectivity index (χ4v) is 1.83. The van der Waals surface area contributed by atoms with Gasteiger partial charge in [0.2, 0.25) is 0 Å². The van der Waals surface area contributed by atoms with Gasteiger partial charge in [-0.3, -0.25) is 4.79 Å². The number of amides is 3. The summed E-state index contributed by atoms with van der Waals surface area (Å²) in [5.41, 5.74) is 1.15. The van der Waals surface area contributed by atoms with Crippen LogP contribution in [0.25, 0.3) is 0 Å². The molecule has 0 unspecified atom stereocenters. The highest BCUT2D eigenvalue weighted by Gasteiger charge is 2.13. The lowest BCUT2D eigenvalue weighted by Crippen LogP contribution is -2.34. The van der Waals surface area contributed by atoms with E-state index in [1.807, 2.05) is 20.8 Å². The summed E-state index contributed by atoms with van der Waals surface area (Å²) in [6.07, 6.45) is 0. The second kappa shape index (κ2) is 8.26. The second-order valence-electron chi connectivity index (χ2n) is 4.94. The summed E-state index contributed by atoms with van der Waals surface area (Å²) < 4.78 is 0. The highest BCUT2D eigenvalue weighted by Crippen LogP contribution is 2.11. The molecular weight excluding hydrogens is 270 g/mol. The summed E-state index contributed by atoms with van der Waals surface area (Å²) in [7, 11) is 0. The molecule has 1 aromatic rings. The number of carbonyl (C=O) groups is 2. The number of aliphatic hydroxyl groups is 1. The highest BCUT2D eigenvalue weighted by atomic mass is 16.3. The molecule has 21 heavy (non-hydrogen) atoms. The van der Waals surface area contributed by atoms with Gasteiger partial charge >= 0.3 is 6.03 Å². The Morgan fingerprint density at radius 1 is 1.24 bits per heavy atom. The van der Waals surface area contributed by atoms with Crippen LogP contribution < -0.4 is 10.6 Å². The van der Waals surface area contributed by atoms with Crippen LogP contribution in [0.15, 0.2) is 24.3 Å². The van der Waals surface area contributed by atoms with Gasteiger partial charge in [0.25, 0.3) is 5.91 Å². The Balaban J connectivity index is 2.69. The molecule has 0 aromatic heterocycles. The lowest BCUT2D eigenvalue weighted by Gasteiger charge is -2.19. The van der Waals surface area contributed by atoms with E-state index in [2.05, 4.69) is 10.6 Å². The van der Waals surface area contributed by atoms with Crippen molar-refractivity contribution in [2.45, 2.75) is 26.8 Å². The third kappa shape index (κ3) is 5.43. The number of hydrogen-bond acceptors (Lipinski definition) is 3. The summed E-state index contributed by atoms with van der Waals surface area (Å²) in [6, 6.07) is 6.46. The largest absolute Gasteiger partial charge is 0.395 e. The monoisotopic (exact) mass is 293 g/mol. The van der Waals surface area contributed by atoms with Crippen molar-refractivity contribution in [1.82, 2.24) is 10.2 Å². The maximum Gasteiger partial charge on any atom is 0.319 e. The average molecular weight is 293 g/mol. The van der Waals surface area contributed by atoms with E-state index in [0.29, 0.717) is 24.3 Å². The fraction of sp³-hybridized carbons (Fsp3) is 0.467. The van der Waals surface area contributed by atoms with Crippen LogP contribution in [0.2, 0.25) is 0 Å². The molecule has 0 radical (unpaired) electrons. The molecule has 6 nitrogen and oxygen atoms in total. The van der Waals surface area contributed by atoms with Gasteiger partial charge in [0.1, 0.15) is 0 Å². The van der Waals surface area contributed by atoms with E-state index in [-0.39, 0.29) is 24.6 Å². The van der Waals surface area contributed by atoms with E-state index < -0.39 is 0 Å². The van der Waals surface area contributed by atoms with Gasteiger partial charge < -0.3 is 20.6 Å². The highest BCUT2D eigenvalue weighted by molar-refractivity contribution is 5.95. The predicted octanol–water partition coefficient (Wildman–Crippen LogP) is 1.67. The van der Waals surface area contributed by atoms with Crippen LogP contribution in [0.3, 0.4) is 0 Å². The molecular formula is C15H23N3O3. The van der Waals surface area contributed by atoms with Crippen LogP contribution in [0, 0.1) is 0 Å². The molecule has 1 aromatic carbocycles. The number of anilines is 1. The Morgan fingerprint density at radius 2 is 1.86 bits per heavy atom. The number of rotatable bonds is 6. The van der Waals surface area contributed by atoms with Crippen molar-refractivity contribution in [3.8, 4) is 0 Å². The topological polar surface area (TPSA) is 81.7 Å². The van der Waals surface area contributed by atoms with Crippen molar-refractivity contribution >= 4 is 17.6 Å². The van der Waals surface area contributed by atoms with Crippen molar-refractivity contribution in [3.63, 3.8) is 0 Å². The van der Waals surface area contributed by atoms with E-state index in [0.717, 1.165) is 0 Å². The first-order chi connectivity index (χ1) is 9.97. The van der Waals surface area contributed by atoms with Gasteiger partial charge in [0, 0.05) is 30.4 Å². The average Bonchev–Trinajstić information content (AvgIpc) is 2.44. The molecule has 0 fully saturated rings. The molecule has 0 saturated heterocycles. The van der Waals surface area contributed by atoms with Crippen molar-refractivity contribution in [2.75, 3.05) is 25.0 Å². The van der Waals surface area contributed by atoms with Gasteiger partial charge in [-0.25, -0.2) is 4.79 Å². The zero-order valence-corrected chi connectivity index (χ0v) is 12.7. The zero-order chi connectivity index (χ0) is 15.8. The first kappa shape index (κ1) is 17.0. The van der Waals surface area contributed by atoms with Crippen molar-refractivity contribution in [1.29, 1.82) is 0 Å². The molecule has 0 aliphatic carbocycles. The van der Waals surface area contributed by atoms with E-state index in [1.54, 1.807) is 29.2 Å². The number of aliphatic hydroxyl groups excluding tert-OH is 1. The number of nitrogens with one attached hydrogen (secondary N) is 2. The summed E-state index contributed by atoms with van der Waals surface area (Å²) in [6.45, 7) is 6.40. The molecule has 0 aliphatic heterocycles. The number of nitrogens with zero attached hydrogens (tertiary/aromatic N) is 1. The van der Waals surface area contributed by atoms with E-state index in [1.165, 1.54) is 0 Å². The van der Waals surface area contributed by atoms with Gasteiger partial charge in [0.15, 0.2) is 0 Å². The first-order valence-corrected chi connectivity index (χ1v) is 7.05. The Morgan fingerprint density at radius 3 is 2.33 bits per heavy atom. The number of urea groups is 1. The molecule has 0 saturated carbocycles. The summed E-state index contributed by atoms with van der Waals surface area (Å²) >= 11 is 0. The van der Waals surface area contributed by atoms with E-state index in [4.69, 9.17) is 5.11 Å². The van der Waals surface area contributed by atoms with Gasteiger partial charge in [-0.05, 0) is 45.0 Å². The maximum atomic E-state index is 12.2. The molecule has 0 heterocycles. The fourth-order valence-electron chi connectivity index (χ4n) is 1.83. The number of likely N-dealkylation sites (N-methyl/N-ethyl adjacent to an activating group) is 1. The molecule has 0 atom stereocenters. The summed E-state index contributed by atoms with van der Waals surface area (Å²) in [5, 5.41) is 14.3. The molecule has 0 bridgehead atoms. The van der Waals surface area contributed by atoms with Crippen LogP contribution in [-0.2, 0) is 0 Å². The first-order valence-electron chi connectivity index (χ1n) is 7.05. The molecule has 0 spiro atoms. The Labute approximate surface area is 125 Å². The van der Waals surface area contributed by atoms with Gasteiger partial charge in [-0.2, -0.15) is 0 Å². The van der Waals surface area contributed by atoms with Crippen LogP contribution in [0.4, 0.5) is 10.5 Å². The molecule has 1 rings (SSSR count). The summed E-state index contributed by atoms with van der Waals surface area (Å²) in [4.78, 5) is 25.3. The van der Waals surface area contributed by atoms with Crippen LogP contribution >= 0.6 is 0 Å². The molecule has 116 valence electrons. The molecule has 3 N–H and O–H groups in total. The smallest absolute Gasteiger partial charge is 0.319 e. The van der Waals surface area contributed by atoms with Crippen LogP contribution in [0.1, 0.15) is 31.1 Å². The Hall–Kier alpha value is -2.08. The maximum absolute atomic E-state index is 12.2. The quantitative estimate of drug-likeness (QED) is 0.746. The van der Waals surface area contributed by atoms with E-state index >= 15 is 0 Å². The second-order valence-corrected chi connectivity index (χ2v) is 4.94. The normalized spacial score (nSPS) is 10.3. The summed E-state index contributed by atoms with van der Waals surface area (Å²) in [5.74, 6) is -0.135. The molecule has 3 amide bonds. The molecule has 0 aliphatic rings. The number of hydrogen-bond donors (Lipinski definition) is 3.